The summed E-state index contributed by atoms with van der Waals surface area (Å²) in [4.78, 5) is 11.2. The summed E-state index contributed by atoms with van der Waals surface area (Å²) in [6, 6.07) is 0.0709. The van der Waals surface area contributed by atoms with Gasteiger partial charge in [0.1, 0.15) is 5.60 Å². The van der Waals surface area contributed by atoms with Gasteiger partial charge in [-0.3, -0.25) is 0 Å². The molecule has 0 heterocycles. The first-order valence-corrected chi connectivity index (χ1v) is 5.77. The molecular weight excluding hydrogens is 206 g/mol. The molecule has 0 fully saturated rings. The molecule has 1 atom stereocenters. The van der Waals surface area contributed by atoms with Gasteiger partial charge < -0.3 is 21.5 Å². The summed E-state index contributed by atoms with van der Waals surface area (Å²) < 4.78 is 5.09. The fraction of sp³-hybridized carbons (Fsp3) is 0.909. The molecule has 0 spiro atoms. The van der Waals surface area contributed by atoms with Crippen LogP contribution in [0.4, 0.5) is 4.79 Å². The van der Waals surface area contributed by atoms with Gasteiger partial charge in [0.2, 0.25) is 0 Å². The lowest BCUT2D eigenvalue weighted by molar-refractivity contribution is 0.0527. The average molecular weight is 231 g/mol. The largest absolute Gasteiger partial charge is 0.444 e. The molecule has 0 aromatic carbocycles. The summed E-state index contributed by atoms with van der Waals surface area (Å²) in [7, 11) is 0. The van der Waals surface area contributed by atoms with E-state index in [1.54, 1.807) is 0 Å². The van der Waals surface area contributed by atoms with E-state index >= 15 is 0 Å². The lowest BCUT2D eigenvalue weighted by Gasteiger charge is -2.19. The summed E-state index contributed by atoms with van der Waals surface area (Å²) in [6.07, 6.45) is 2.39. The number of carbonyl (C=O) groups is 1. The maximum atomic E-state index is 11.2. The first-order valence-electron chi connectivity index (χ1n) is 5.77. The molecule has 0 unspecified atom stereocenters. The van der Waals surface area contributed by atoms with Crippen molar-refractivity contribution in [3.05, 3.63) is 0 Å². The Kier molecular flexibility index (Phi) is 7.08. The highest BCUT2D eigenvalue weighted by Crippen LogP contribution is 2.06. The Morgan fingerprint density at radius 1 is 1.38 bits per heavy atom. The Morgan fingerprint density at radius 3 is 2.50 bits per heavy atom. The van der Waals surface area contributed by atoms with Gasteiger partial charge in [0, 0.05) is 19.1 Å². The zero-order valence-corrected chi connectivity index (χ0v) is 10.6. The smallest absolute Gasteiger partial charge is 0.407 e. The molecule has 1 amide bonds. The predicted octanol–water partition coefficient (Wildman–Crippen LogP) is 0.967. The van der Waals surface area contributed by atoms with Gasteiger partial charge in [-0.05, 0) is 33.6 Å². The van der Waals surface area contributed by atoms with Gasteiger partial charge in [0.15, 0.2) is 0 Å². The van der Waals surface area contributed by atoms with Crippen LogP contribution in [0.5, 0.6) is 0 Å². The van der Waals surface area contributed by atoms with Crippen molar-refractivity contribution < 1.29 is 9.53 Å². The summed E-state index contributed by atoms with van der Waals surface area (Å²) in [5, 5.41) is 2.70. The second-order valence-corrected chi connectivity index (χ2v) is 4.92. The molecular formula is C11H25N3O2. The molecule has 96 valence electrons. The number of rotatable bonds is 6. The highest BCUT2D eigenvalue weighted by Gasteiger charge is 2.15. The predicted molar refractivity (Wildman–Crippen MR) is 65.1 cm³/mol. The molecule has 0 rings (SSSR count). The van der Waals surface area contributed by atoms with Crippen molar-refractivity contribution in [2.24, 2.45) is 11.5 Å². The van der Waals surface area contributed by atoms with Crippen molar-refractivity contribution in [3.8, 4) is 0 Å². The molecule has 0 saturated carbocycles. The summed E-state index contributed by atoms with van der Waals surface area (Å²) in [6.45, 7) is 6.65. The van der Waals surface area contributed by atoms with E-state index in [1.165, 1.54) is 0 Å². The molecule has 5 heteroatoms. The maximum absolute atomic E-state index is 11.2. The minimum absolute atomic E-state index is 0.0709. The normalized spacial score (nSPS) is 13.3. The number of ether oxygens (including phenoxy) is 1. The van der Waals surface area contributed by atoms with Gasteiger partial charge in [-0.15, -0.1) is 0 Å². The first-order chi connectivity index (χ1) is 7.35. The molecule has 0 radical (unpaired) electrons. The van der Waals surface area contributed by atoms with Crippen LogP contribution < -0.4 is 16.8 Å². The Labute approximate surface area is 97.9 Å². The van der Waals surface area contributed by atoms with E-state index in [9.17, 15) is 4.79 Å². The minimum Gasteiger partial charge on any atom is -0.444 e. The van der Waals surface area contributed by atoms with E-state index in [0.717, 1.165) is 19.3 Å². The molecule has 0 aliphatic rings. The van der Waals surface area contributed by atoms with E-state index in [2.05, 4.69) is 5.32 Å². The molecule has 0 saturated heterocycles. The number of nitrogens with two attached hydrogens (primary N) is 2. The number of hydrogen-bond acceptors (Lipinski definition) is 4. The van der Waals surface area contributed by atoms with Gasteiger partial charge in [-0.25, -0.2) is 4.79 Å². The van der Waals surface area contributed by atoms with Crippen molar-refractivity contribution in [3.63, 3.8) is 0 Å². The number of amides is 1. The zero-order valence-electron chi connectivity index (χ0n) is 10.6. The van der Waals surface area contributed by atoms with E-state index in [4.69, 9.17) is 16.2 Å². The summed E-state index contributed by atoms with van der Waals surface area (Å²) >= 11 is 0. The first kappa shape index (κ1) is 15.2. The van der Waals surface area contributed by atoms with Crippen molar-refractivity contribution in [2.75, 3.05) is 13.1 Å². The monoisotopic (exact) mass is 231 g/mol. The fourth-order valence-corrected chi connectivity index (χ4v) is 1.15. The minimum atomic E-state index is -0.439. The quantitative estimate of drug-likeness (QED) is 0.594. The summed E-state index contributed by atoms with van der Waals surface area (Å²) in [5.74, 6) is 0. The lowest BCUT2D eigenvalue weighted by atomic mass is 10.1. The molecule has 5 nitrogen and oxygen atoms in total. The van der Waals surface area contributed by atoms with Gasteiger partial charge in [0.05, 0.1) is 0 Å². The van der Waals surface area contributed by atoms with Crippen LogP contribution in [0.3, 0.4) is 0 Å². The molecule has 0 aromatic rings. The highest BCUT2D eigenvalue weighted by atomic mass is 16.6. The molecule has 0 aliphatic carbocycles. The number of nitrogens with one attached hydrogen (secondary N) is 1. The van der Waals surface area contributed by atoms with Gasteiger partial charge >= 0.3 is 6.09 Å². The number of carbonyl (C=O) groups excluding carboxylic acids is 1. The van der Waals surface area contributed by atoms with Crippen LogP contribution in [-0.2, 0) is 4.74 Å². The topological polar surface area (TPSA) is 90.4 Å². The van der Waals surface area contributed by atoms with Crippen molar-refractivity contribution in [1.82, 2.24) is 5.32 Å². The molecule has 16 heavy (non-hydrogen) atoms. The van der Waals surface area contributed by atoms with Crippen LogP contribution in [0.15, 0.2) is 0 Å². The third kappa shape index (κ3) is 9.73. The van der Waals surface area contributed by atoms with E-state index in [-0.39, 0.29) is 12.1 Å². The van der Waals surface area contributed by atoms with Crippen molar-refractivity contribution in [2.45, 2.75) is 51.7 Å². The Balaban J connectivity index is 3.42. The van der Waals surface area contributed by atoms with E-state index < -0.39 is 5.60 Å². The third-order valence-electron chi connectivity index (χ3n) is 1.97. The number of hydrogen-bond donors (Lipinski definition) is 3. The Hall–Kier alpha value is -0.810. The Bertz CT molecular complexity index is 202. The number of unbranched alkanes of at least 4 members (excludes halogenated alkanes) is 1. The van der Waals surface area contributed by atoms with Gasteiger partial charge in [0.25, 0.3) is 0 Å². The standard InChI is InChI=1S/C11H25N3O2/c1-11(2,3)16-10(15)14-7-5-4-6-9(13)8-12/h9H,4-8,12-13H2,1-3H3,(H,14,15)/t9-/m0/s1. The van der Waals surface area contributed by atoms with Crippen LogP contribution in [0, 0.1) is 0 Å². The molecule has 0 aromatic heterocycles. The molecule has 0 bridgehead atoms. The SMILES string of the molecule is CC(C)(C)OC(=O)NCCCC[C@H](N)CN. The lowest BCUT2D eigenvalue weighted by Crippen LogP contribution is -2.33. The number of alkyl carbamates (subject to hydrolysis) is 1. The van der Waals surface area contributed by atoms with Crippen molar-refractivity contribution in [1.29, 1.82) is 0 Å². The maximum Gasteiger partial charge on any atom is 0.407 e. The van der Waals surface area contributed by atoms with Crippen LogP contribution in [0.25, 0.3) is 0 Å². The zero-order chi connectivity index (χ0) is 12.6. The van der Waals surface area contributed by atoms with E-state index in [0.29, 0.717) is 13.1 Å². The highest BCUT2D eigenvalue weighted by molar-refractivity contribution is 5.67. The van der Waals surface area contributed by atoms with Crippen LogP contribution in [0.2, 0.25) is 0 Å². The molecule has 5 N–H and O–H groups in total. The van der Waals surface area contributed by atoms with Crippen LogP contribution in [-0.4, -0.2) is 30.8 Å². The van der Waals surface area contributed by atoms with Gasteiger partial charge in [-0.2, -0.15) is 0 Å². The van der Waals surface area contributed by atoms with E-state index in [1.807, 2.05) is 20.8 Å². The van der Waals surface area contributed by atoms with Gasteiger partial charge in [-0.1, -0.05) is 6.42 Å². The second-order valence-electron chi connectivity index (χ2n) is 4.92. The van der Waals surface area contributed by atoms with Crippen LogP contribution in [0.1, 0.15) is 40.0 Å². The Morgan fingerprint density at radius 2 is 2.00 bits per heavy atom. The molecule has 0 aliphatic heterocycles. The average Bonchev–Trinajstić information content (AvgIpc) is 2.14. The second kappa shape index (κ2) is 7.46. The third-order valence-corrected chi connectivity index (χ3v) is 1.97. The summed E-state index contributed by atoms with van der Waals surface area (Å²) in [5.41, 5.74) is 10.6. The van der Waals surface area contributed by atoms with Crippen LogP contribution >= 0.6 is 0 Å². The van der Waals surface area contributed by atoms with Crippen molar-refractivity contribution >= 4 is 6.09 Å². The fourth-order valence-electron chi connectivity index (χ4n) is 1.15.